The molecule has 1 heterocycles. The normalized spacial score (nSPS) is 13.9. The van der Waals surface area contributed by atoms with Crippen LogP contribution in [0.1, 0.15) is 144 Å². The van der Waals surface area contributed by atoms with Crippen molar-refractivity contribution in [1.82, 2.24) is 15.0 Å². The lowest BCUT2D eigenvalue weighted by Crippen LogP contribution is -2.38. The number of methoxy groups -OCH3 is 1. The van der Waals surface area contributed by atoms with E-state index in [2.05, 4.69) is 119 Å². The molecule has 0 spiro atoms. The Labute approximate surface area is 435 Å². The van der Waals surface area contributed by atoms with Crippen LogP contribution in [0, 0.1) is 26.9 Å². The van der Waals surface area contributed by atoms with Gasteiger partial charge < -0.3 is 14.2 Å². The van der Waals surface area contributed by atoms with Crippen LogP contribution in [0.15, 0.2) is 140 Å². The van der Waals surface area contributed by atoms with Crippen LogP contribution in [0.2, 0.25) is 0 Å². The van der Waals surface area contributed by atoms with Gasteiger partial charge in [-0.2, -0.15) is 0 Å². The number of hydrogen-bond acceptors (Lipinski definition) is 9. The van der Waals surface area contributed by atoms with Crippen LogP contribution in [0.25, 0.3) is 11.3 Å². The number of rotatable bonds is 28. The van der Waals surface area contributed by atoms with Crippen molar-refractivity contribution in [2.45, 2.75) is 135 Å². The average Bonchev–Trinajstić information content (AvgIpc) is 3.87. The summed E-state index contributed by atoms with van der Waals surface area (Å²) in [6.07, 6.45) is 10.6. The third-order valence-corrected chi connectivity index (χ3v) is 15.2. The van der Waals surface area contributed by atoms with E-state index in [4.69, 9.17) is 14.2 Å². The molecule has 12 heteroatoms. The van der Waals surface area contributed by atoms with Crippen LogP contribution in [0.3, 0.4) is 0 Å². The van der Waals surface area contributed by atoms with Gasteiger partial charge >= 0.3 is 11.9 Å². The molecule has 4 atom stereocenters. The second-order valence-corrected chi connectivity index (χ2v) is 21.8. The molecule has 0 saturated carbocycles. The summed E-state index contributed by atoms with van der Waals surface area (Å²) in [4.78, 5) is 38.2. The molecule has 0 bridgehead atoms. The predicted molar refractivity (Wildman–Crippen MR) is 289 cm³/mol. The molecule has 0 aliphatic rings. The number of alkyl halides is 1. The van der Waals surface area contributed by atoms with E-state index in [0.717, 1.165) is 53.6 Å². The third-order valence-electron chi connectivity index (χ3n) is 14.4. The molecule has 11 nitrogen and oxygen atoms in total. The fraction of sp³-hybridized carbons (Fsp3) is 0.433. The number of carbonyl (C=O) groups is 2. The van der Waals surface area contributed by atoms with Crippen molar-refractivity contribution in [3.05, 3.63) is 178 Å². The van der Waals surface area contributed by atoms with Gasteiger partial charge in [-0.3, -0.25) is 19.7 Å². The number of ether oxygens (including phenoxy) is 3. The number of benzene rings is 5. The minimum absolute atomic E-state index is 0.00505. The maximum absolute atomic E-state index is 13.5. The molecule has 0 radical (unpaired) electrons. The first-order chi connectivity index (χ1) is 34.6. The van der Waals surface area contributed by atoms with Gasteiger partial charge in [0.1, 0.15) is 5.75 Å². The lowest BCUT2D eigenvalue weighted by Gasteiger charge is -2.41. The second-order valence-electron chi connectivity index (χ2n) is 20.7. The van der Waals surface area contributed by atoms with Gasteiger partial charge in [0, 0.05) is 27.4 Å². The fourth-order valence-corrected chi connectivity index (χ4v) is 11.1. The van der Waals surface area contributed by atoms with E-state index in [9.17, 15) is 19.7 Å². The van der Waals surface area contributed by atoms with E-state index >= 15 is 0 Å². The smallest absolute Gasteiger partial charge is 0.311 e. The monoisotopic (exact) mass is 1040 g/mol. The SMILES string of the molecule is CCC(C)CCC(CCCC(CC(C)(C)C(=O)OC)(c1ccccc1)c1ccc(-c2cnnn2COc2ccc([N+](=O)[O-])c(CCCCOC(=O)C(C)(C)CC(Br)c3ccccc3)c2)cc1)c1ccccc1. The molecule has 5 aromatic carbocycles. The Balaban J connectivity index is 1.16. The first-order valence-corrected chi connectivity index (χ1v) is 26.4. The van der Waals surface area contributed by atoms with Crippen molar-refractivity contribution in [2.24, 2.45) is 16.7 Å². The zero-order chi connectivity index (χ0) is 51.7. The summed E-state index contributed by atoms with van der Waals surface area (Å²) in [5.74, 6) is 1.03. The van der Waals surface area contributed by atoms with Gasteiger partial charge in [-0.05, 0) is 125 Å². The summed E-state index contributed by atoms with van der Waals surface area (Å²) < 4.78 is 19.0. The first-order valence-electron chi connectivity index (χ1n) is 25.5. The van der Waals surface area contributed by atoms with Gasteiger partial charge in [-0.1, -0.05) is 170 Å². The summed E-state index contributed by atoms with van der Waals surface area (Å²) >= 11 is 3.73. The minimum Gasteiger partial charge on any atom is -0.471 e. The second kappa shape index (κ2) is 26.0. The van der Waals surface area contributed by atoms with Gasteiger partial charge in [-0.15, -0.1) is 5.10 Å². The van der Waals surface area contributed by atoms with E-state index in [1.807, 2.05) is 64.1 Å². The van der Waals surface area contributed by atoms with E-state index in [-0.39, 0.29) is 40.7 Å². The van der Waals surface area contributed by atoms with Crippen LogP contribution < -0.4 is 4.74 Å². The number of esters is 2. The van der Waals surface area contributed by atoms with Crippen LogP contribution in [-0.2, 0) is 37.6 Å². The summed E-state index contributed by atoms with van der Waals surface area (Å²) in [6, 6.07) is 44.7. The molecule has 0 aliphatic carbocycles. The highest BCUT2D eigenvalue weighted by Crippen LogP contribution is 2.48. The summed E-state index contributed by atoms with van der Waals surface area (Å²) in [7, 11) is 1.46. The Morgan fingerprint density at radius 1 is 0.764 bits per heavy atom. The van der Waals surface area contributed by atoms with Crippen LogP contribution in [0.4, 0.5) is 5.69 Å². The molecule has 72 heavy (non-hydrogen) atoms. The topological polar surface area (TPSA) is 136 Å². The highest BCUT2D eigenvalue weighted by Gasteiger charge is 2.43. The van der Waals surface area contributed by atoms with Gasteiger partial charge in [0.2, 0.25) is 0 Å². The number of aryl methyl sites for hydroxylation is 1. The largest absolute Gasteiger partial charge is 0.471 e. The Hall–Kier alpha value is -6.14. The molecule has 6 aromatic rings. The zero-order valence-electron chi connectivity index (χ0n) is 43.2. The van der Waals surface area contributed by atoms with Gasteiger partial charge in [0.05, 0.1) is 41.4 Å². The predicted octanol–water partition coefficient (Wildman–Crippen LogP) is 15.0. The Kier molecular flexibility index (Phi) is 19.9. The lowest BCUT2D eigenvalue weighted by molar-refractivity contribution is -0.385. The van der Waals surface area contributed by atoms with Crippen molar-refractivity contribution in [3.63, 3.8) is 0 Å². The highest BCUT2D eigenvalue weighted by atomic mass is 79.9. The van der Waals surface area contributed by atoms with Crippen LogP contribution >= 0.6 is 15.9 Å². The maximum Gasteiger partial charge on any atom is 0.311 e. The Bertz CT molecular complexity index is 2640. The van der Waals surface area contributed by atoms with E-state index in [0.29, 0.717) is 55.3 Å². The summed E-state index contributed by atoms with van der Waals surface area (Å²) in [5.41, 5.74) is 4.87. The summed E-state index contributed by atoms with van der Waals surface area (Å²) in [6.45, 7) is 12.6. The van der Waals surface area contributed by atoms with Gasteiger partial charge in [0.25, 0.3) is 5.69 Å². The molecule has 4 unspecified atom stereocenters. The van der Waals surface area contributed by atoms with Crippen LogP contribution in [0.5, 0.6) is 5.75 Å². The number of nitrogens with zero attached hydrogens (tertiary/aromatic N) is 4. The van der Waals surface area contributed by atoms with Crippen molar-refractivity contribution in [3.8, 4) is 17.0 Å². The van der Waals surface area contributed by atoms with Crippen molar-refractivity contribution in [1.29, 1.82) is 0 Å². The highest BCUT2D eigenvalue weighted by molar-refractivity contribution is 9.09. The molecule has 382 valence electrons. The third kappa shape index (κ3) is 14.7. The van der Waals surface area contributed by atoms with E-state index in [1.165, 1.54) is 31.6 Å². The molecule has 0 amide bonds. The average molecular weight is 1040 g/mol. The molecule has 6 rings (SSSR count). The number of hydrogen-bond donors (Lipinski definition) is 0. The van der Waals surface area contributed by atoms with E-state index < -0.39 is 16.2 Å². The number of unbranched alkanes of at least 4 members (excludes halogenated alkanes) is 1. The molecule has 0 saturated heterocycles. The molecule has 0 N–H and O–H groups in total. The maximum atomic E-state index is 13.5. The molecular weight excluding hydrogens is 969 g/mol. The van der Waals surface area contributed by atoms with E-state index in [1.54, 1.807) is 23.0 Å². The zero-order valence-corrected chi connectivity index (χ0v) is 44.8. The number of halogens is 1. The number of nitro benzene ring substituents is 1. The molecule has 0 fully saturated rings. The van der Waals surface area contributed by atoms with Crippen LogP contribution in [-0.4, -0.2) is 45.6 Å². The Morgan fingerprint density at radius 3 is 2.04 bits per heavy atom. The standard InChI is InChI=1S/C60H73BrN4O7/c1-8-44(2)29-30-46(45-21-12-9-13-22-45)26-20-37-60(50-27-16-11-17-28-50,42-59(5,6)56(66)70-7)51-33-31-48(32-34-51)55-41-62-63-64(55)43-72-52-35-36-54(65(68)69)49(39-52)25-18-19-38-71-57(67)58(3,4)40-53(61)47-23-14-10-15-24-47/h9-17,21-24,27-28,31-36,39,41,44,46,53H,8,18-20,25-26,29-30,37-38,40,42-43H2,1-7H3. The molecular formula is C60H73BrN4O7. The van der Waals surface area contributed by atoms with Gasteiger partial charge in [-0.25, -0.2) is 4.68 Å². The summed E-state index contributed by atoms with van der Waals surface area (Å²) in [5, 5.41) is 20.7. The first kappa shape index (κ1) is 55.2. The quantitative estimate of drug-likeness (QED) is 0.0155. The van der Waals surface area contributed by atoms with Gasteiger partial charge in [0.15, 0.2) is 6.73 Å². The Morgan fingerprint density at radius 2 is 1.40 bits per heavy atom. The molecule has 1 aromatic heterocycles. The van der Waals surface area contributed by atoms with Crippen molar-refractivity contribution < 1.29 is 28.7 Å². The number of nitro groups is 1. The number of aromatic nitrogens is 3. The van der Waals surface area contributed by atoms with Crippen molar-refractivity contribution >= 4 is 33.6 Å². The lowest BCUT2D eigenvalue weighted by atomic mass is 9.62. The minimum atomic E-state index is -0.789. The number of carbonyl (C=O) groups excluding carboxylic acids is 2. The fourth-order valence-electron chi connectivity index (χ4n) is 9.94. The van der Waals surface area contributed by atoms with Crippen molar-refractivity contribution in [2.75, 3.05) is 13.7 Å². The molecule has 0 aliphatic heterocycles.